The molecule has 1 saturated heterocycles. The van der Waals surface area contributed by atoms with Crippen LogP contribution in [0.1, 0.15) is 25.7 Å². The highest BCUT2D eigenvalue weighted by atomic mass is 19.3. The van der Waals surface area contributed by atoms with E-state index in [-0.39, 0.29) is 11.9 Å². The van der Waals surface area contributed by atoms with E-state index >= 15 is 0 Å². The quantitative estimate of drug-likeness (QED) is 0.773. The molecule has 1 heterocycles. The summed E-state index contributed by atoms with van der Waals surface area (Å²) in [5, 5.41) is 3.22. The van der Waals surface area contributed by atoms with Gasteiger partial charge in [0.2, 0.25) is 5.91 Å². The fraction of sp³-hybridized carbons (Fsp3) is 0.900. The fourth-order valence-electron chi connectivity index (χ4n) is 1.77. The summed E-state index contributed by atoms with van der Waals surface area (Å²) >= 11 is 0. The maximum Gasteiger partial charge on any atom is 0.255 e. The van der Waals surface area contributed by atoms with Gasteiger partial charge in [-0.1, -0.05) is 6.42 Å². The first-order valence-electron chi connectivity index (χ1n) is 5.35. The average molecular weight is 220 g/mol. The van der Waals surface area contributed by atoms with Gasteiger partial charge in [0.25, 0.3) is 6.43 Å². The van der Waals surface area contributed by atoms with Crippen LogP contribution >= 0.6 is 0 Å². The van der Waals surface area contributed by atoms with Gasteiger partial charge in [0.1, 0.15) is 0 Å². The first-order chi connectivity index (χ1) is 7.09. The molecule has 0 saturated carbocycles. The van der Waals surface area contributed by atoms with Crippen molar-refractivity contribution in [2.24, 2.45) is 0 Å². The second-order valence-electron chi connectivity index (χ2n) is 4.02. The van der Waals surface area contributed by atoms with Crippen LogP contribution in [0.4, 0.5) is 8.78 Å². The predicted octanol–water partition coefficient (Wildman–Crippen LogP) is 1.24. The number of hydrogen-bond acceptors (Lipinski definition) is 2. The van der Waals surface area contributed by atoms with Gasteiger partial charge in [-0.2, -0.15) is 0 Å². The largest absolute Gasteiger partial charge is 0.340 e. The monoisotopic (exact) mass is 220 g/mol. The second-order valence-corrected chi connectivity index (χ2v) is 4.02. The zero-order valence-electron chi connectivity index (χ0n) is 9.01. The molecule has 88 valence electrons. The molecule has 0 radical (unpaired) electrons. The molecule has 1 amide bonds. The molecule has 15 heavy (non-hydrogen) atoms. The molecule has 0 bridgehead atoms. The average Bonchev–Trinajstić information content (AvgIpc) is 2.18. The molecule has 1 atom stereocenters. The van der Waals surface area contributed by atoms with E-state index in [2.05, 4.69) is 5.32 Å². The number of carbonyl (C=O) groups excluding carboxylic acids is 1. The standard InChI is InChI=1S/C10H18F2N2O/c1-14(7-9(11)12)10(15)6-8-4-2-3-5-13-8/h8-9,13H,2-7H2,1H3. The molecule has 1 N–H and O–H groups in total. The van der Waals surface area contributed by atoms with Crippen LogP contribution in [0, 0.1) is 0 Å². The van der Waals surface area contributed by atoms with Crippen molar-refractivity contribution < 1.29 is 13.6 Å². The van der Waals surface area contributed by atoms with E-state index in [0.29, 0.717) is 6.42 Å². The van der Waals surface area contributed by atoms with E-state index in [4.69, 9.17) is 0 Å². The second kappa shape index (κ2) is 6.00. The van der Waals surface area contributed by atoms with Gasteiger partial charge in [0.15, 0.2) is 0 Å². The minimum Gasteiger partial charge on any atom is -0.340 e. The highest BCUT2D eigenvalue weighted by Crippen LogP contribution is 2.11. The first-order valence-corrected chi connectivity index (χ1v) is 5.35. The van der Waals surface area contributed by atoms with E-state index < -0.39 is 13.0 Å². The van der Waals surface area contributed by atoms with Gasteiger partial charge < -0.3 is 10.2 Å². The summed E-state index contributed by atoms with van der Waals surface area (Å²) < 4.78 is 24.0. The summed E-state index contributed by atoms with van der Waals surface area (Å²) in [5.41, 5.74) is 0. The lowest BCUT2D eigenvalue weighted by Crippen LogP contribution is -2.40. The van der Waals surface area contributed by atoms with Gasteiger partial charge in [-0.05, 0) is 19.4 Å². The fourth-order valence-corrected chi connectivity index (χ4v) is 1.77. The topological polar surface area (TPSA) is 32.3 Å². The summed E-state index contributed by atoms with van der Waals surface area (Å²) in [6.07, 6.45) is 1.11. The number of halogens is 2. The molecule has 3 nitrogen and oxygen atoms in total. The third-order valence-corrected chi connectivity index (χ3v) is 2.67. The smallest absolute Gasteiger partial charge is 0.255 e. The number of rotatable bonds is 4. The molecule has 1 fully saturated rings. The zero-order valence-corrected chi connectivity index (χ0v) is 9.01. The number of nitrogens with one attached hydrogen (secondary N) is 1. The molecule has 1 rings (SSSR count). The Labute approximate surface area is 88.8 Å². The van der Waals surface area contributed by atoms with Crippen LogP contribution in [0.25, 0.3) is 0 Å². The predicted molar refractivity (Wildman–Crippen MR) is 53.9 cm³/mol. The number of alkyl halides is 2. The molecule has 1 aliphatic rings. The van der Waals surface area contributed by atoms with Crippen LogP contribution < -0.4 is 5.32 Å². The molecule has 5 heteroatoms. The van der Waals surface area contributed by atoms with Crippen molar-refractivity contribution in [1.29, 1.82) is 0 Å². The molecule has 1 aliphatic heterocycles. The van der Waals surface area contributed by atoms with Crippen molar-refractivity contribution in [2.45, 2.75) is 38.2 Å². The Morgan fingerprint density at radius 2 is 2.27 bits per heavy atom. The van der Waals surface area contributed by atoms with Crippen LogP contribution in [0.3, 0.4) is 0 Å². The minimum absolute atomic E-state index is 0.173. The van der Waals surface area contributed by atoms with Crippen molar-refractivity contribution >= 4 is 5.91 Å². The van der Waals surface area contributed by atoms with Gasteiger partial charge in [-0.15, -0.1) is 0 Å². The van der Waals surface area contributed by atoms with Crippen molar-refractivity contribution in [3.63, 3.8) is 0 Å². The summed E-state index contributed by atoms with van der Waals surface area (Å²) in [7, 11) is 1.43. The maximum atomic E-state index is 12.0. The Morgan fingerprint density at radius 1 is 1.53 bits per heavy atom. The van der Waals surface area contributed by atoms with Crippen molar-refractivity contribution in [3.8, 4) is 0 Å². The first kappa shape index (κ1) is 12.4. The number of hydrogen-bond donors (Lipinski definition) is 1. The van der Waals surface area contributed by atoms with Gasteiger partial charge >= 0.3 is 0 Å². The van der Waals surface area contributed by atoms with Crippen molar-refractivity contribution in [2.75, 3.05) is 20.1 Å². The lowest BCUT2D eigenvalue weighted by Gasteiger charge is -2.25. The van der Waals surface area contributed by atoms with E-state index in [1.165, 1.54) is 7.05 Å². The lowest BCUT2D eigenvalue weighted by molar-refractivity contribution is -0.132. The summed E-state index contributed by atoms with van der Waals surface area (Å²) in [6, 6.07) is 0.173. The van der Waals surface area contributed by atoms with Gasteiger partial charge in [0, 0.05) is 19.5 Å². The molecule has 1 unspecified atom stereocenters. The normalized spacial score (nSPS) is 21.7. The van der Waals surface area contributed by atoms with Crippen LogP contribution in [-0.4, -0.2) is 43.4 Å². The van der Waals surface area contributed by atoms with Crippen LogP contribution in [-0.2, 0) is 4.79 Å². The Hall–Kier alpha value is -0.710. The molecule has 0 aromatic heterocycles. The molecule has 0 spiro atoms. The SMILES string of the molecule is CN(CC(F)F)C(=O)CC1CCCCN1. The van der Waals surface area contributed by atoms with Gasteiger partial charge in [-0.25, -0.2) is 8.78 Å². The Kier molecular flexibility index (Phi) is 4.94. The number of carbonyl (C=O) groups is 1. The lowest BCUT2D eigenvalue weighted by atomic mass is 10.0. The van der Waals surface area contributed by atoms with E-state index in [1.807, 2.05) is 0 Å². The Balaban J connectivity index is 2.27. The third-order valence-electron chi connectivity index (χ3n) is 2.67. The van der Waals surface area contributed by atoms with Gasteiger partial charge in [-0.3, -0.25) is 4.79 Å². The van der Waals surface area contributed by atoms with E-state index in [1.54, 1.807) is 0 Å². The molecule has 0 aliphatic carbocycles. The highest BCUT2D eigenvalue weighted by Gasteiger charge is 2.20. The van der Waals surface area contributed by atoms with Crippen LogP contribution in [0.15, 0.2) is 0 Å². The zero-order chi connectivity index (χ0) is 11.3. The Bertz CT molecular complexity index is 206. The van der Waals surface area contributed by atoms with Gasteiger partial charge in [0.05, 0.1) is 6.54 Å². The molecule has 0 aromatic rings. The molecular weight excluding hydrogens is 202 g/mol. The number of nitrogens with zero attached hydrogens (tertiary/aromatic N) is 1. The highest BCUT2D eigenvalue weighted by molar-refractivity contribution is 5.76. The molecular formula is C10H18F2N2O. The maximum absolute atomic E-state index is 12.0. The minimum atomic E-state index is -2.45. The summed E-state index contributed by atoms with van der Waals surface area (Å²) in [6.45, 7) is 0.460. The molecule has 0 aromatic carbocycles. The van der Waals surface area contributed by atoms with E-state index in [0.717, 1.165) is 30.7 Å². The summed E-state index contributed by atoms with van der Waals surface area (Å²) in [5.74, 6) is -0.199. The van der Waals surface area contributed by atoms with Crippen molar-refractivity contribution in [3.05, 3.63) is 0 Å². The van der Waals surface area contributed by atoms with Crippen LogP contribution in [0.2, 0.25) is 0 Å². The van der Waals surface area contributed by atoms with Crippen LogP contribution in [0.5, 0.6) is 0 Å². The third kappa shape index (κ3) is 4.55. The summed E-state index contributed by atoms with van der Waals surface area (Å²) in [4.78, 5) is 12.6. The van der Waals surface area contributed by atoms with Crippen molar-refractivity contribution in [1.82, 2.24) is 10.2 Å². The number of amides is 1. The number of piperidine rings is 1. The van der Waals surface area contributed by atoms with E-state index in [9.17, 15) is 13.6 Å². The Morgan fingerprint density at radius 3 is 2.80 bits per heavy atom.